The maximum atomic E-state index is 2.25. The van der Waals surface area contributed by atoms with Gasteiger partial charge in [0.1, 0.15) is 0 Å². The first kappa shape index (κ1) is 18.9. The Kier molecular flexibility index (Phi) is 15.2. The molecular weight excluding hydrogens is 215 g/mol. The van der Waals surface area contributed by atoms with Gasteiger partial charge in [-0.25, -0.2) is 0 Å². The summed E-state index contributed by atoms with van der Waals surface area (Å²) in [6.07, 6.45) is 9.57. The van der Waals surface area contributed by atoms with Crippen LogP contribution in [0.25, 0.3) is 0 Å². The molecule has 1 rings (SSSR count). The summed E-state index contributed by atoms with van der Waals surface area (Å²) in [5, 5.41) is 0. The Labute approximate surface area is 129 Å². The maximum absolute atomic E-state index is 2.25. The van der Waals surface area contributed by atoms with Crippen LogP contribution in [-0.2, 0) is 6.42 Å². The van der Waals surface area contributed by atoms with Gasteiger partial charge in [0, 0.05) is 0 Å². The zero-order chi connectivity index (χ0) is 12.2. The van der Waals surface area contributed by atoms with Crippen LogP contribution in [-0.4, -0.2) is 0 Å². The zero-order valence-electron chi connectivity index (χ0n) is 11.9. The van der Waals surface area contributed by atoms with Gasteiger partial charge in [0.15, 0.2) is 0 Å². The summed E-state index contributed by atoms with van der Waals surface area (Å²) in [5.74, 6) is 0. The minimum absolute atomic E-state index is 0. The van der Waals surface area contributed by atoms with E-state index in [1.807, 2.05) is 26.8 Å². The molecule has 0 radical (unpaired) electrons. The van der Waals surface area contributed by atoms with Gasteiger partial charge in [0.2, 0.25) is 0 Å². The van der Waals surface area contributed by atoms with E-state index in [9.17, 15) is 0 Å². The molecule has 0 aromatic heterocycles. The minimum Gasteiger partial charge on any atom is -0.196 e. The van der Waals surface area contributed by atoms with E-state index in [4.69, 9.17) is 0 Å². The van der Waals surface area contributed by atoms with E-state index in [1.165, 1.54) is 11.1 Å². The summed E-state index contributed by atoms with van der Waals surface area (Å²) >= 11 is 0. The summed E-state index contributed by atoms with van der Waals surface area (Å²) in [7, 11) is 0. The molecule has 0 aliphatic heterocycles. The van der Waals surface area contributed by atoms with Crippen LogP contribution in [0.3, 0.4) is 0 Å². The van der Waals surface area contributed by atoms with Crippen LogP contribution >= 0.6 is 0 Å². The molecule has 1 heteroatoms. The largest absolute Gasteiger partial charge is 1.00 e. The summed E-state index contributed by atoms with van der Waals surface area (Å²) in [6, 6.07) is 10.5. The number of hydrogen-bond acceptors (Lipinski definition) is 0. The van der Waals surface area contributed by atoms with Crippen LogP contribution in [0.15, 0.2) is 54.1 Å². The van der Waals surface area contributed by atoms with Gasteiger partial charge in [-0.05, 0) is 0 Å². The third kappa shape index (κ3) is 9.29. The zero-order valence-corrected chi connectivity index (χ0v) is 13.9. The molecule has 17 heavy (non-hydrogen) atoms. The summed E-state index contributed by atoms with van der Waals surface area (Å²) in [5.41, 5.74) is 2.65. The average Bonchev–Trinajstić information content (AvgIpc) is 2.38. The molecule has 0 atom stereocenters. The van der Waals surface area contributed by atoms with Crippen molar-refractivity contribution in [2.24, 2.45) is 0 Å². The van der Waals surface area contributed by atoms with Crippen LogP contribution in [0.4, 0.5) is 0 Å². The molecule has 0 saturated carbocycles. The Bertz CT molecular complexity index is 310. The average molecular weight is 238 g/mol. The molecule has 0 N–H and O–H groups in total. The first-order valence-electron chi connectivity index (χ1n) is 6.03. The second-order valence-corrected chi connectivity index (χ2v) is 3.18. The standard InChI is InChI=1S/C14H17.C2H6.Na/c1-3-8-13(4-2)11-12-14-9-6-5-7-10-14;1-2;/h3-11H,12H2,1-2H3;1-2H3;/q-1;;+1/b8-3-,13-4+;;. The topological polar surface area (TPSA) is 0 Å². The molecule has 0 aliphatic carbocycles. The normalized spacial score (nSPS) is 10.2. The number of hydrogen-bond donors (Lipinski definition) is 0. The molecule has 0 aliphatic rings. The van der Waals surface area contributed by atoms with Crippen LogP contribution in [0.1, 0.15) is 33.3 Å². The van der Waals surface area contributed by atoms with Crippen molar-refractivity contribution in [3.63, 3.8) is 0 Å². The van der Waals surface area contributed by atoms with Gasteiger partial charge < -0.3 is 0 Å². The summed E-state index contributed by atoms with van der Waals surface area (Å²) in [4.78, 5) is 0. The van der Waals surface area contributed by atoms with E-state index in [-0.39, 0.29) is 29.6 Å². The third-order valence-corrected chi connectivity index (χ3v) is 2.11. The second kappa shape index (κ2) is 13.6. The Morgan fingerprint density at radius 3 is 2.18 bits per heavy atom. The van der Waals surface area contributed by atoms with E-state index in [0.29, 0.717) is 0 Å². The smallest absolute Gasteiger partial charge is 0.196 e. The van der Waals surface area contributed by atoms with Gasteiger partial charge in [0.05, 0.1) is 0 Å². The van der Waals surface area contributed by atoms with Crippen LogP contribution in [0.5, 0.6) is 0 Å². The quantitative estimate of drug-likeness (QED) is 0.427. The van der Waals surface area contributed by atoms with E-state index in [0.717, 1.165) is 6.42 Å². The Hall–Kier alpha value is -0.430. The first-order valence-corrected chi connectivity index (χ1v) is 6.03. The molecule has 0 bridgehead atoms. The number of benzene rings is 1. The van der Waals surface area contributed by atoms with Crippen molar-refractivity contribution in [1.82, 2.24) is 0 Å². The van der Waals surface area contributed by atoms with Crippen molar-refractivity contribution < 1.29 is 29.6 Å². The van der Waals surface area contributed by atoms with Crippen LogP contribution in [0.2, 0.25) is 0 Å². The summed E-state index contributed by atoms with van der Waals surface area (Å²) < 4.78 is 0. The van der Waals surface area contributed by atoms with Crippen molar-refractivity contribution in [1.29, 1.82) is 0 Å². The predicted octanol–water partition coefficient (Wildman–Crippen LogP) is 1.99. The van der Waals surface area contributed by atoms with E-state index < -0.39 is 0 Å². The molecular formula is C16H23Na. The molecule has 0 heterocycles. The van der Waals surface area contributed by atoms with E-state index in [2.05, 4.69) is 55.8 Å². The van der Waals surface area contributed by atoms with Crippen LogP contribution in [0, 0.1) is 6.42 Å². The monoisotopic (exact) mass is 238 g/mol. The van der Waals surface area contributed by atoms with Gasteiger partial charge in [-0.2, -0.15) is 24.1 Å². The molecule has 1 aromatic carbocycles. The first-order chi connectivity index (χ1) is 7.86. The SMILES string of the molecule is C/C=C\C(=C/C)[CH-]Cc1ccccc1.CC.[Na+]. The Morgan fingerprint density at radius 1 is 1.12 bits per heavy atom. The van der Waals surface area contributed by atoms with E-state index >= 15 is 0 Å². The predicted molar refractivity (Wildman–Crippen MR) is 74.4 cm³/mol. The van der Waals surface area contributed by atoms with Crippen molar-refractivity contribution in [2.45, 2.75) is 34.1 Å². The molecule has 0 fully saturated rings. The van der Waals surface area contributed by atoms with Gasteiger partial charge in [-0.3, -0.25) is 0 Å². The third-order valence-electron chi connectivity index (χ3n) is 2.11. The van der Waals surface area contributed by atoms with Crippen molar-refractivity contribution >= 4 is 0 Å². The molecule has 88 valence electrons. The van der Waals surface area contributed by atoms with Gasteiger partial charge in [-0.15, -0.1) is 6.08 Å². The van der Waals surface area contributed by atoms with Crippen molar-refractivity contribution in [3.8, 4) is 0 Å². The number of rotatable bonds is 4. The second-order valence-electron chi connectivity index (χ2n) is 3.18. The molecule has 0 unspecified atom stereocenters. The fourth-order valence-corrected chi connectivity index (χ4v) is 1.32. The molecule has 0 amide bonds. The fourth-order valence-electron chi connectivity index (χ4n) is 1.32. The van der Waals surface area contributed by atoms with Gasteiger partial charge in [0.25, 0.3) is 0 Å². The minimum atomic E-state index is 0. The number of allylic oxidation sites excluding steroid dienone is 4. The maximum Gasteiger partial charge on any atom is 1.00 e. The van der Waals surface area contributed by atoms with Crippen molar-refractivity contribution in [2.75, 3.05) is 0 Å². The molecule has 0 nitrogen and oxygen atoms in total. The van der Waals surface area contributed by atoms with Crippen LogP contribution < -0.4 is 29.6 Å². The van der Waals surface area contributed by atoms with Gasteiger partial charge >= 0.3 is 29.6 Å². The fraction of sp³-hybridized carbons (Fsp3) is 0.312. The molecule has 1 aromatic rings. The Balaban J connectivity index is 0. The van der Waals surface area contributed by atoms with Gasteiger partial charge in [-0.1, -0.05) is 70.0 Å². The summed E-state index contributed by atoms with van der Waals surface area (Å²) in [6.45, 7) is 8.11. The molecule has 0 spiro atoms. The van der Waals surface area contributed by atoms with Crippen molar-refractivity contribution in [3.05, 3.63) is 66.1 Å². The molecule has 0 saturated heterocycles. The Morgan fingerprint density at radius 2 is 1.71 bits per heavy atom. The van der Waals surface area contributed by atoms with E-state index in [1.54, 1.807) is 0 Å².